The van der Waals surface area contributed by atoms with Crippen LogP contribution in [0.3, 0.4) is 0 Å². The summed E-state index contributed by atoms with van der Waals surface area (Å²) in [6, 6.07) is 8.09. The molecule has 4 rings (SSSR count). The van der Waals surface area contributed by atoms with Gasteiger partial charge in [0.05, 0.1) is 17.3 Å². The maximum absolute atomic E-state index is 13.3. The predicted molar refractivity (Wildman–Crippen MR) is 112 cm³/mol. The molecule has 1 amide bonds. The van der Waals surface area contributed by atoms with Gasteiger partial charge in [0.15, 0.2) is 5.78 Å². The van der Waals surface area contributed by atoms with Crippen LogP contribution in [0.15, 0.2) is 24.3 Å². The Morgan fingerprint density at radius 3 is 2.39 bits per heavy atom. The summed E-state index contributed by atoms with van der Waals surface area (Å²) in [6.07, 6.45) is 0.152. The third-order valence-electron chi connectivity index (χ3n) is 5.18. The molecule has 144 valence electrons. The zero-order chi connectivity index (χ0) is 20.2. The fourth-order valence-corrected chi connectivity index (χ4v) is 5.02. The number of hydrogen-bond donors (Lipinski definition) is 1. The van der Waals surface area contributed by atoms with Gasteiger partial charge in [0.2, 0.25) is 5.91 Å². The highest BCUT2D eigenvalue weighted by molar-refractivity contribution is 7.12. The Hall–Kier alpha value is -2.73. The van der Waals surface area contributed by atoms with Crippen LogP contribution in [0.4, 0.5) is 5.82 Å². The number of ketones is 1. The molecule has 6 heteroatoms. The first-order valence-corrected chi connectivity index (χ1v) is 10.2. The van der Waals surface area contributed by atoms with E-state index in [0.29, 0.717) is 11.4 Å². The summed E-state index contributed by atoms with van der Waals surface area (Å²) in [5, 5.41) is 7.64. The number of benzene rings is 1. The number of thiophene rings is 1. The topological polar surface area (TPSA) is 64.0 Å². The van der Waals surface area contributed by atoms with Gasteiger partial charge in [-0.05, 0) is 63.9 Å². The summed E-state index contributed by atoms with van der Waals surface area (Å²) in [4.78, 5) is 27.9. The summed E-state index contributed by atoms with van der Waals surface area (Å²) in [7, 11) is 0. The van der Waals surface area contributed by atoms with Crippen molar-refractivity contribution in [2.45, 2.75) is 47.0 Å². The van der Waals surface area contributed by atoms with Crippen molar-refractivity contribution in [3.05, 3.63) is 62.0 Å². The summed E-state index contributed by atoms with van der Waals surface area (Å²) < 4.78 is 1.76. The van der Waals surface area contributed by atoms with Crippen molar-refractivity contribution in [1.82, 2.24) is 9.78 Å². The molecule has 1 atom stereocenters. The standard InChI is InChI=1S/C22H23N3O2S/c1-11-6-12(2)8-16(7-11)25-22-20(14(4)24-25)18(10-19(26)23-22)21(27)17-9-13(3)28-15(17)5/h6-9,18H,10H2,1-5H3,(H,23,26)/t18-/m0/s1. The number of rotatable bonds is 3. The van der Waals surface area contributed by atoms with Crippen LogP contribution in [-0.2, 0) is 4.79 Å². The third-order valence-corrected chi connectivity index (χ3v) is 6.14. The molecule has 0 fully saturated rings. The van der Waals surface area contributed by atoms with E-state index in [1.807, 2.05) is 52.8 Å². The number of nitrogens with one attached hydrogen (secondary N) is 1. The molecule has 2 aromatic heterocycles. The third kappa shape index (κ3) is 3.07. The number of carbonyl (C=O) groups excluding carboxylic acids is 2. The molecule has 0 saturated carbocycles. The summed E-state index contributed by atoms with van der Waals surface area (Å²) in [6.45, 7) is 9.93. The van der Waals surface area contributed by atoms with E-state index in [1.54, 1.807) is 16.0 Å². The number of amides is 1. The van der Waals surface area contributed by atoms with Crippen molar-refractivity contribution in [3.8, 4) is 5.69 Å². The second kappa shape index (κ2) is 6.71. The van der Waals surface area contributed by atoms with Crippen LogP contribution < -0.4 is 5.32 Å². The van der Waals surface area contributed by atoms with Gasteiger partial charge in [-0.3, -0.25) is 9.59 Å². The SMILES string of the molecule is Cc1cc(C)cc(-n2nc(C)c3c2NC(=O)C[C@@H]3C(=O)c2cc(C)sc2C)c1. The van der Waals surface area contributed by atoms with Crippen LogP contribution in [-0.4, -0.2) is 21.5 Å². The lowest BCUT2D eigenvalue weighted by molar-refractivity contribution is -0.116. The van der Waals surface area contributed by atoms with Gasteiger partial charge in [-0.15, -0.1) is 11.3 Å². The van der Waals surface area contributed by atoms with E-state index < -0.39 is 5.92 Å². The van der Waals surface area contributed by atoms with Crippen LogP contribution in [0.25, 0.3) is 5.69 Å². The van der Waals surface area contributed by atoms with E-state index in [9.17, 15) is 9.59 Å². The average molecular weight is 394 g/mol. The lowest BCUT2D eigenvalue weighted by Crippen LogP contribution is -2.28. The molecular formula is C22H23N3O2S. The number of anilines is 1. The highest BCUT2D eigenvalue weighted by Crippen LogP contribution is 2.39. The second-order valence-electron chi connectivity index (χ2n) is 7.60. The Kier molecular flexibility index (Phi) is 4.46. The van der Waals surface area contributed by atoms with Crippen LogP contribution in [0.1, 0.15) is 54.8 Å². The van der Waals surface area contributed by atoms with Gasteiger partial charge >= 0.3 is 0 Å². The molecule has 0 bridgehead atoms. The van der Waals surface area contributed by atoms with Crippen LogP contribution in [0.5, 0.6) is 0 Å². The molecule has 0 spiro atoms. The zero-order valence-electron chi connectivity index (χ0n) is 16.7. The van der Waals surface area contributed by atoms with Crippen LogP contribution >= 0.6 is 11.3 Å². The quantitative estimate of drug-likeness (QED) is 0.651. The molecule has 1 aliphatic heterocycles. The highest BCUT2D eigenvalue weighted by Gasteiger charge is 2.37. The van der Waals surface area contributed by atoms with Gasteiger partial charge in [-0.25, -0.2) is 4.68 Å². The predicted octanol–water partition coefficient (Wildman–Crippen LogP) is 4.78. The molecule has 0 radical (unpaired) electrons. The summed E-state index contributed by atoms with van der Waals surface area (Å²) in [5.41, 5.74) is 5.45. The minimum Gasteiger partial charge on any atom is -0.310 e. The number of aromatic nitrogens is 2. The molecule has 0 aliphatic carbocycles. The number of fused-ring (bicyclic) bond motifs is 1. The molecule has 0 saturated heterocycles. The fourth-order valence-electron chi connectivity index (χ4n) is 4.09. The Labute approximate surface area is 168 Å². The summed E-state index contributed by atoms with van der Waals surface area (Å²) in [5.74, 6) is -0.0418. The molecule has 1 aromatic carbocycles. The molecular weight excluding hydrogens is 370 g/mol. The number of carbonyl (C=O) groups is 2. The summed E-state index contributed by atoms with van der Waals surface area (Å²) >= 11 is 1.61. The maximum atomic E-state index is 13.3. The maximum Gasteiger partial charge on any atom is 0.226 e. The van der Waals surface area contributed by atoms with Crippen molar-refractivity contribution in [3.63, 3.8) is 0 Å². The minimum absolute atomic E-state index is 0.000947. The van der Waals surface area contributed by atoms with Crippen molar-refractivity contribution in [2.75, 3.05) is 5.32 Å². The molecule has 1 N–H and O–H groups in total. The molecule has 5 nitrogen and oxygen atoms in total. The first-order valence-electron chi connectivity index (χ1n) is 9.34. The minimum atomic E-state index is -0.504. The van der Waals surface area contributed by atoms with Crippen LogP contribution in [0, 0.1) is 34.6 Å². The van der Waals surface area contributed by atoms with Crippen molar-refractivity contribution in [1.29, 1.82) is 0 Å². The Morgan fingerprint density at radius 2 is 1.79 bits per heavy atom. The Bertz CT molecular complexity index is 1100. The molecule has 3 aromatic rings. The lowest BCUT2D eigenvalue weighted by Gasteiger charge is -2.23. The Morgan fingerprint density at radius 1 is 1.11 bits per heavy atom. The van der Waals surface area contributed by atoms with Crippen molar-refractivity contribution >= 4 is 28.8 Å². The second-order valence-corrected chi connectivity index (χ2v) is 9.06. The number of aryl methyl sites for hydroxylation is 5. The Balaban J connectivity index is 1.85. The number of hydrogen-bond acceptors (Lipinski definition) is 4. The van der Waals surface area contributed by atoms with Crippen LogP contribution in [0.2, 0.25) is 0 Å². The van der Waals surface area contributed by atoms with E-state index >= 15 is 0 Å². The van der Waals surface area contributed by atoms with Gasteiger partial charge in [-0.1, -0.05) is 6.07 Å². The van der Waals surface area contributed by atoms with Crippen molar-refractivity contribution in [2.24, 2.45) is 0 Å². The molecule has 3 heterocycles. The number of nitrogens with zero attached hydrogens (tertiary/aromatic N) is 2. The lowest BCUT2D eigenvalue weighted by atomic mass is 9.85. The zero-order valence-corrected chi connectivity index (χ0v) is 17.5. The van der Waals surface area contributed by atoms with E-state index in [1.165, 1.54) is 0 Å². The highest BCUT2D eigenvalue weighted by atomic mass is 32.1. The van der Waals surface area contributed by atoms with Gasteiger partial charge in [0.1, 0.15) is 5.82 Å². The first-order chi connectivity index (χ1) is 13.2. The van der Waals surface area contributed by atoms with Gasteiger partial charge in [0, 0.05) is 27.3 Å². The number of Topliss-reactive ketones (excluding diaryl/α,β-unsaturated/α-hetero) is 1. The smallest absolute Gasteiger partial charge is 0.226 e. The average Bonchev–Trinajstić information content (AvgIpc) is 3.11. The molecule has 0 unspecified atom stereocenters. The van der Waals surface area contributed by atoms with E-state index in [2.05, 4.69) is 16.5 Å². The van der Waals surface area contributed by atoms with E-state index in [4.69, 9.17) is 0 Å². The van der Waals surface area contributed by atoms with Crippen molar-refractivity contribution < 1.29 is 9.59 Å². The van der Waals surface area contributed by atoms with Gasteiger partial charge in [0.25, 0.3) is 0 Å². The molecule has 28 heavy (non-hydrogen) atoms. The van der Waals surface area contributed by atoms with E-state index in [0.717, 1.165) is 37.8 Å². The monoisotopic (exact) mass is 393 g/mol. The normalized spacial score (nSPS) is 16.0. The fraction of sp³-hybridized carbons (Fsp3) is 0.318. The van der Waals surface area contributed by atoms with Gasteiger partial charge < -0.3 is 5.32 Å². The van der Waals surface area contributed by atoms with E-state index in [-0.39, 0.29) is 18.1 Å². The largest absolute Gasteiger partial charge is 0.310 e. The molecule has 1 aliphatic rings. The first kappa shape index (κ1) is 18.6. The van der Waals surface area contributed by atoms with Gasteiger partial charge in [-0.2, -0.15) is 5.10 Å².